The number of hydrogen-bond acceptors (Lipinski definition) is 1. The number of halogens is 2. The zero-order valence-corrected chi connectivity index (χ0v) is 11.4. The molecule has 16 heavy (non-hydrogen) atoms. The summed E-state index contributed by atoms with van der Waals surface area (Å²) in [5, 5.41) is 0.737. The summed E-state index contributed by atoms with van der Waals surface area (Å²) < 4.78 is 0.999. The van der Waals surface area contributed by atoms with Crippen molar-refractivity contribution in [3.8, 4) is 0 Å². The monoisotopic (exact) mass is 299 g/mol. The van der Waals surface area contributed by atoms with Crippen LogP contribution in [0.4, 0.5) is 0 Å². The molecule has 0 fully saturated rings. The van der Waals surface area contributed by atoms with Gasteiger partial charge in [-0.3, -0.25) is 0 Å². The van der Waals surface area contributed by atoms with E-state index in [-0.39, 0.29) is 6.04 Å². The molecule has 1 aliphatic rings. The van der Waals surface area contributed by atoms with E-state index in [2.05, 4.69) is 22.0 Å². The van der Waals surface area contributed by atoms with Crippen LogP contribution in [0.25, 0.3) is 0 Å². The van der Waals surface area contributed by atoms with Crippen molar-refractivity contribution in [2.45, 2.75) is 31.7 Å². The number of rotatable bonds is 2. The van der Waals surface area contributed by atoms with Gasteiger partial charge in [-0.2, -0.15) is 0 Å². The molecule has 1 aliphatic carbocycles. The second kappa shape index (κ2) is 5.35. The first kappa shape index (κ1) is 12.2. The SMILES string of the molecule is NC(C1=CCCCC1)c1ccc(Cl)cc1Br. The molecule has 0 saturated heterocycles. The fourth-order valence-corrected chi connectivity index (χ4v) is 3.03. The zero-order valence-electron chi connectivity index (χ0n) is 9.05. The molecule has 0 spiro atoms. The lowest BCUT2D eigenvalue weighted by Gasteiger charge is -2.21. The van der Waals surface area contributed by atoms with Crippen LogP contribution in [0.5, 0.6) is 0 Å². The van der Waals surface area contributed by atoms with E-state index in [9.17, 15) is 0 Å². The molecule has 0 radical (unpaired) electrons. The minimum Gasteiger partial charge on any atom is -0.321 e. The Labute approximate surface area is 110 Å². The van der Waals surface area contributed by atoms with Gasteiger partial charge >= 0.3 is 0 Å². The van der Waals surface area contributed by atoms with Crippen molar-refractivity contribution in [1.29, 1.82) is 0 Å². The highest BCUT2D eigenvalue weighted by Gasteiger charge is 2.16. The Morgan fingerprint density at radius 1 is 1.31 bits per heavy atom. The average Bonchev–Trinajstić information content (AvgIpc) is 2.29. The molecule has 1 nitrogen and oxygen atoms in total. The minimum absolute atomic E-state index is 0.00643. The molecule has 0 aliphatic heterocycles. The summed E-state index contributed by atoms with van der Waals surface area (Å²) in [6.07, 6.45) is 7.11. The summed E-state index contributed by atoms with van der Waals surface area (Å²) in [6.45, 7) is 0. The van der Waals surface area contributed by atoms with Gasteiger partial charge in [0, 0.05) is 9.50 Å². The molecule has 0 heterocycles. The van der Waals surface area contributed by atoms with Gasteiger partial charge in [0.15, 0.2) is 0 Å². The fourth-order valence-electron chi connectivity index (χ4n) is 2.10. The van der Waals surface area contributed by atoms with Crippen LogP contribution in [0.15, 0.2) is 34.3 Å². The Bertz CT molecular complexity index is 414. The first-order chi connectivity index (χ1) is 7.68. The van der Waals surface area contributed by atoms with Crippen molar-refractivity contribution < 1.29 is 0 Å². The molecule has 1 aromatic rings. The van der Waals surface area contributed by atoms with Gasteiger partial charge in [0.25, 0.3) is 0 Å². The smallest absolute Gasteiger partial charge is 0.0522 e. The summed E-state index contributed by atoms with van der Waals surface area (Å²) in [5.41, 5.74) is 8.76. The van der Waals surface area contributed by atoms with E-state index >= 15 is 0 Å². The van der Waals surface area contributed by atoms with Gasteiger partial charge in [-0.05, 0) is 43.4 Å². The lowest BCUT2D eigenvalue weighted by atomic mass is 9.90. The molecule has 0 aromatic heterocycles. The van der Waals surface area contributed by atoms with Crippen molar-refractivity contribution in [1.82, 2.24) is 0 Å². The van der Waals surface area contributed by atoms with Crippen LogP contribution in [0.1, 0.15) is 37.3 Å². The maximum atomic E-state index is 6.28. The maximum Gasteiger partial charge on any atom is 0.0522 e. The van der Waals surface area contributed by atoms with E-state index in [1.807, 2.05) is 18.2 Å². The quantitative estimate of drug-likeness (QED) is 0.794. The van der Waals surface area contributed by atoms with Gasteiger partial charge in [0.2, 0.25) is 0 Å². The molecule has 0 bridgehead atoms. The minimum atomic E-state index is 0.00643. The van der Waals surface area contributed by atoms with Gasteiger partial charge in [-0.25, -0.2) is 0 Å². The predicted octanol–water partition coefficient (Wildman–Crippen LogP) is 4.60. The summed E-state index contributed by atoms with van der Waals surface area (Å²) in [5.74, 6) is 0. The van der Waals surface area contributed by atoms with Crippen LogP contribution in [-0.2, 0) is 0 Å². The van der Waals surface area contributed by atoms with Crippen molar-refractivity contribution in [3.63, 3.8) is 0 Å². The number of allylic oxidation sites excluding steroid dienone is 1. The highest BCUT2D eigenvalue weighted by molar-refractivity contribution is 9.10. The van der Waals surface area contributed by atoms with Gasteiger partial charge in [0.05, 0.1) is 6.04 Å². The van der Waals surface area contributed by atoms with Crippen molar-refractivity contribution >= 4 is 27.5 Å². The van der Waals surface area contributed by atoms with Crippen molar-refractivity contribution in [2.24, 2.45) is 5.73 Å². The Morgan fingerprint density at radius 2 is 2.12 bits per heavy atom. The van der Waals surface area contributed by atoms with Crippen LogP contribution < -0.4 is 5.73 Å². The third-order valence-corrected chi connectivity index (χ3v) is 3.94. The van der Waals surface area contributed by atoms with E-state index in [0.717, 1.165) is 27.9 Å². The molecule has 0 amide bonds. The standard InChI is InChI=1S/C13H15BrClN/c14-12-8-10(15)6-7-11(12)13(16)9-4-2-1-3-5-9/h4,6-8,13H,1-3,5,16H2. The molecular weight excluding hydrogens is 286 g/mol. The molecular formula is C13H15BrClN. The molecule has 2 N–H and O–H groups in total. The molecule has 3 heteroatoms. The van der Waals surface area contributed by atoms with E-state index in [0.29, 0.717) is 0 Å². The van der Waals surface area contributed by atoms with Crippen LogP contribution in [0, 0.1) is 0 Å². The largest absolute Gasteiger partial charge is 0.321 e. The predicted molar refractivity (Wildman–Crippen MR) is 72.6 cm³/mol. The highest BCUT2D eigenvalue weighted by Crippen LogP contribution is 2.33. The average molecular weight is 301 g/mol. The van der Waals surface area contributed by atoms with Crippen LogP contribution in [0.3, 0.4) is 0 Å². The van der Waals surface area contributed by atoms with Gasteiger partial charge < -0.3 is 5.73 Å². The van der Waals surface area contributed by atoms with Crippen LogP contribution in [-0.4, -0.2) is 0 Å². The van der Waals surface area contributed by atoms with E-state index in [1.54, 1.807) is 0 Å². The third-order valence-electron chi connectivity index (χ3n) is 3.02. The molecule has 86 valence electrons. The van der Waals surface area contributed by atoms with Crippen molar-refractivity contribution in [2.75, 3.05) is 0 Å². The second-order valence-electron chi connectivity index (χ2n) is 4.17. The summed E-state index contributed by atoms with van der Waals surface area (Å²) in [4.78, 5) is 0. The van der Waals surface area contributed by atoms with Crippen LogP contribution >= 0.6 is 27.5 Å². The fraction of sp³-hybridized carbons (Fsp3) is 0.385. The van der Waals surface area contributed by atoms with Gasteiger partial charge in [-0.1, -0.05) is 45.2 Å². The number of hydrogen-bond donors (Lipinski definition) is 1. The Morgan fingerprint density at radius 3 is 2.75 bits per heavy atom. The van der Waals surface area contributed by atoms with E-state index in [1.165, 1.54) is 18.4 Å². The topological polar surface area (TPSA) is 26.0 Å². The Balaban J connectivity index is 2.26. The second-order valence-corrected chi connectivity index (χ2v) is 5.46. The molecule has 2 rings (SSSR count). The normalized spacial score (nSPS) is 18.1. The summed E-state index contributed by atoms with van der Waals surface area (Å²) in [6, 6.07) is 5.81. The van der Waals surface area contributed by atoms with Gasteiger partial charge in [-0.15, -0.1) is 0 Å². The maximum absolute atomic E-state index is 6.28. The third kappa shape index (κ3) is 2.68. The first-order valence-corrected chi connectivity index (χ1v) is 6.75. The van der Waals surface area contributed by atoms with E-state index < -0.39 is 0 Å². The van der Waals surface area contributed by atoms with E-state index in [4.69, 9.17) is 17.3 Å². The highest BCUT2D eigenvalue weighted by atomic mass is 79.9. The first-order valence-electron chi connectivity index (χ1n) is 5.58. The lowest BCUT2D eigenvalue weighted by Crippen LogP contribution is -2.15. The molecule has 0 saturated carbocycles. The Hall–Kier alpha value is -0.310. The zero-order chi connectivity index (χ0) is 11.5. The number of benzene rings is 1. The van der Waals surface area contributed by atoms with Crippen molar-refractivity contribution in [3.05, 3.63) is 44.9 Å². The molecule has 1 aromatic carbocycles. The molecule has 1 unspecified atom stereocenters. The number of nitrogens with two attached hydrogens (primary N) is 1. The summed E-state index contributed by atoms with van der Waals surface area (Å²) in [7, 11) is 0. The molecule has 1 atom stereocenters. The Kier molecular flexibility index (Phi) is 4.06. The summed E-state index contributed by atoms with van der Waals surface area (Å²) >= 11 is 9.44. The lowest BCUT2D eigenvalue weighted by molar-refractivity contribution is 0.647. The van der Waals surface area contributed by atoms with Crippen LogP contribution in [0.2, 0.25) is 5.02 Å². The van der Waals surface area contributed by atoms with Gasteiger partial charge in [0.1, 0.15) is 0 Å².